The molecule has 0 fully saturated rings. The Hall–Kier alpha value is -3.65. The lowest BCUT2D eigenvalue weighted by Crippen LogP contribution is -2.33. The maximum Gasteiger partial charge on any atom is 0.251 e. The largest absolute Gasteiger partial charge is 0.344 e. The van der Waals surface area contributed by atoms with Crippen molar-refractivity contribution in [3.63, 3.8) is 0 Å². The summed E-state index contributed by atoms with van der Waals surface area (Å²) >= 11 is 0. The summed E-state index contributed by atoms with van der Waals surface area (Å²) in [6, 6.07) is 40.1. The van der Waals surface area contributed by atoms with Gasteiger partial charge in [0, 0.05) is 11.5 Å². The van der Waals surface area contributed by atoms with Crippen LogP contribution in [0.5, 0.6) is 0 Å². The molecule has 0 bridgehead atoms. The minimum Gasteiger partial charge on any atom is -0.344 e. The quantitative estimate of drug-likeness (QED) is 0.439. The van der Waals surface area contributed by atoms with Crippen LogP contribution in [-0.4, -0.2) is 5.91 Å². The Morgan fingerprint density at radius 1 is 0.517 bits per heavy atom. The molecule has 0 aliphatic carbocycles. The van der Waals surface area contributed by atoms with Gasteiger partial charge >= 0.3 is 0 Å². The Kier molecular flexibility index (Phi) is 5.82. The van der Waals surface area contributed by atoms with Gasteiger partial charge in [0.25, 0.3) is 5.91 Å². The van der Waals surface area contributed by atoms with Gasteiger partial charge < -0.3 is 5.32 Å². The average Bonchev–Trinajstić information content (AvgIpc) is 2.81. The molecule has 1 atom stereocenters. The predicted molar refractivity (Wildman–Crippen MR) is 118 cm³/mol. The Morgan fingerprint density at radius 2 is 0.897 bits per heavy atom. The highest BCUT2D eigenvalue weighted by atomic mass is 16.1. The second kappa shape index (κ2) is 9.03. The van der Waals surface area contributed by atoms with E-state index in [1.165, 1.54) is 11.1 Å². The highest BCUT2D eigenvalue weighted by Gasteiger charge is 2.28. The number of carbonyl (C=O) groups is 1. The molecule has 4 aromatic rings. The van der Waals surface area contributed by atoms with Crippen LogP contribution in [-0.2, 0) is 0 Å². The smallest absolute Gasteiger partial charge is 0.251 e. The van der Waals surface area contributed by atoms with Crippen LogP contribution in [0.4, 0.5) is 0 Å². The average molecular weight is 377 g/mol. The summed E-state index contributed by atoms with van der Waals surface area (Å²) in [5.41, 5.74) is 4.07. The summed E-state index contributed by atoms with van der Waals surface area (Å²) in [6.07, 6.45) is 0. The highest BCUT2D eigenvalue weighted by Crippen LogP contribution is 2.37. The molecule has 142 valence electrons. The molecule has 0 saturated carbocycles. The van der Waals surface area contributed by atoms with E-state index in [2.05, 4.69) is 41.7 Å². The maximum atomic E-state index is 13.1. The van der Waals surface area contributed by atoms with Crippen molar-refractivity contribution in [3.8, 4) is 0 Å². The van der Waals surface area contributed by atoms with Crippen molar-refractivity contribution in [2.45, 2.75) is 12.0 Å². The number of hydrogen-bond acceptors (Lipinski definition) is 1. The number of hydrogen-bond donors (Lipinski definition) is 1. The van der Waals surface area contributed by atoms with Crippen molar-refractivity contribution >= 4 is 5.91 Å². The van der Waals surface area contributed by atoms with E-state index in [0.29, 0.717) is 5.56 Å². The van der Waals surface area contributed by atoms with Gasteiger partial charge in [0.15, 0.2) is 0 Å². The van der Waals surface area contributed by atoms with Gasteiger partial charge in [0.2, 0.25) is 0 Å². The first-order chi connectivity index (χ1) is 14.3. The van der Waals surface area contributed by atoms with Crippen molar-refractivity contribution in [1.82, 2.24) is 5.32 Å². The molecular weight excluding hydrogens is 354 g/mol. The molecule has 0 aromatic heterocycles. The van der Waals surface area contributed by atoms with Gasteiger partial charge in [-0.3, -0.25) is 4.79 Å². The van der Waals surface area contributed by atoms with E-state index in [1.54, 1.807) is 0 Å². The molecule has 0 unspecified atom stereocenters. The van der Waals surface area contributed by atoms with E-state index in [0.717, 1.165) is 5.56 Å². The molecule has 0 spiro atoms. The van der Waals surface area contributed by atoms with E-state index in [1.807, 2.05) is 84.9 Å². The highest BCUT2D eigenvalue weighted by molar-refractivity contribution is 5.94. The van der Waals surface area contributed by atoms with Crippen LogP contribution in [0.1, 0.15) is 39.0 Å². The van der Waals surface area contributed by atoms with Gasteiger partial charge in [-0.1, -0.05) is 109 Å². The number of nitrogens with one attached hydrogen (secondary N) is 1. The summed E-state index contributed by atoms with van der Waals surface area (Å²) in [6.45, 7) is 0. The van der Waals surface area contributed by atoms with Crippen LogP contribution in [0.15, 0.2) is 121 Å². The molecule has 4 aromatic carbocycles. The molecule has 4 rings (SSSR count). The van der Waals surface area contributed by atoms with E-state index in [9.17, 15) is 4.79 Å². The lowest BCUT2D eigenvalue weighted by atomic mass is 9.81. The summed E-state index contributed by atoms with van der Waals surface area (Å²) in [7, 11) is 0. The summed E-state index contributed by atoms with van der Waals surface area (Å²) in [5.74, 6) is -0.0798. The molecular formula is C27H23NO. The van der Waals surface area contributed by atoms with Crippen LogP contribution < -0.4 is 5.32 Å². The van der Waals surface area contributed by atoms with Gasteiger partial charge in [-0.25, -0.2) is 0 Å². The molecule has 0 heterocycles. The minimum absolute atomic E-state index is 0.00698. The van der Waals surface area contributed by atoms with Gasteiger partial charge in [0.1, 0.15) is 0 Å². The topological polar surface area (TPSA) is 29.1 Å². The zero-order valence-electron chi connectivity index (χ0n) is 16.1. The van der Waals surface area contributed by atoms with E-state index in [-0.39, 0.29) is 17.9 Å². The molecule has 2 nitrogen and oxygen atoms in total. The molecule has 2 heteroatoms. The zero-order valence-corrected chi connectivity index (χ0v) is 16.1. The van der Waals surface area contributed by atoms with Crippen molar-refractivity contribution in [1.29, 1.82) is 0 Å². The minimum atomic E-state index is -0.200. The second-order valence-corrected chi connectivity index (χ2v) is 7.03. The Labute approximate surface area is 171 Å². The molecule has 1 amide bonds. The third-order valence-electron chi connectivity index (χ3n) is 5.13. The number of benzene rings is 4. The lowest BCUT2D eigenvalue weighted by molar-refractivity contribution is 0.0933. The first kappa shape index (κ1) is 18.7. The fourth-order valence-corrected chi connectivity index (χ4v) is 3.73. The van der Waals surface area contributed by atoms with Crippen LogP contribution in [0, 0.1) is 0 Å². The fourth-order valence-electron chi connectivity index (χ4n) is 3.73. The fraction of sp³-hybridized carbons (Fsp3) is 0.0741. The Balaban J connectivity index is 1.80. The standard InChI is InChI=1S/C27H23NO/c29-27(24-19-11-4-12-20-24)28-26(23-17-9-3-10-18-23)25(21-13-5-1-6-14-21)22-15-7-2-8-16-22/h1-20,25-26H,(H,28,29)/t26-/m0/s1. The predicted octanol–water partition coefficient (Wildman–Crippen LogP) is 5.99. The van der Waals surface area contributed by atoms with E-state index >= 15 is 0 Å². The molecule has 0 aliphatic rings. The first-order valence-electron chi connectivity index (χ1n) is 9.83. The van der Waals surface area contributed by atoms with Crippen molar-refractivity contribution in [2.24, 2.45) is 0 Å². The van der Waals surface area contributed by atoms with E-state index < -0.39 is 0 Å². The summed E-state index contributed by atoms with van der Waals surface area (Å²) < 4.78 is 0. The summed E-state index contributed by atoms with van der Waals surface area (Å²) in [4.78, 5) is 13.1. The molecule has 0 saturated heterocycles. The first-order valence-corrected chi connectivity index (χ1v) is 9.83. The van der Waals surface area contributed by atoms with Crippen LogP contribution in [0.2, 0.25) is 0 Å². The van der Waals surface area contributed by atoms with Gasteiger partial charge in [-0.15, -0.1) is 0 Å². The SMILES string of the molecule is O=C(N[C@@H](c1ccccc1)C(c1ccccc1)c1ccccc1)c1ccccc1. The molecule has 0 radical (unpaired) electrons. The molecule has 1 N–H and O–H groups in total. The Morgan fingerprint density at radius 3 is 1.34 bits per heavy atom. The lowest BCUT2D eigenvalue weighted by Gasteiger charge is -2.30. The second-order valence-electron chi connectivity index (χ2n) is 7.03. The molecule has 29 heavy (non-hydrogen) atoms. The summed E-state index contributed by atoms with van der Waals surface area (Å²) in [5, 5.41) is 3.31. The normalized spacial score (nSPS) is 11.8. The number of amides is 1. The van der Waals surface area contributed by atoms with Gasteiger partial charge in [-0.05, 0) is 28.8 Å². The monoisotopic (exact) mass is 377 g/mol. The Bertz CT molecular complexity index is 991. The van der Waals surface area contributed by atoms with Crippen LogP contribution >= 0.6 is 0 Å². The third kappa shape index (κ3) is 4.44. The van der Waals surface area contributed by atoms with Crippen LogP contribution in [0.3, 0.4) is 0 Å². The zero-order chi connectivity index (χ0) is 19.9. The van der Waals surface area contributed by atoms with Crippen molar-refractivity contribution < 1.29 is 4.79 Å². The van der Waals surface area contributed by atoms with Crippen molar-refractivity contribution in [3.05, 3.63) is 144 Å². The van der Waals surface area contributed by atoms with Gasteiger partial charge in [0.05, 0.1) is 6.04 Å². The van der Waals surface area contributed by atoms with Crippen molar-refractivity contribution in [2.75, 3.05) is 0 Å². The maximum absolute atomic E-state index is 13.1. The number of carbonyl (C=O) groups excluding carboxylic acids is 1. The third-order valence-corrected chi connectivity index (χ3v) is 5.13. The van der Waals surface area contributed by atoms with Crippen LogP contribution in [0.25, 0.3) is 0 Å². The van der Waals surface area contributed by atoms with E-state index in [4.69, 9.17) is 0 Å². The van der Waals surface area contributed by atoms with Gasteiger partial charge in [-0.2, -0.15) is 0 Å². The number of rotatable bonds is 6. The molecule has 0 aliphatic heterocycles.